The van der Waals surface area contributed by atoms with Gasteiger partial charge in [-0.15, -0.1) is 6.58 Å². The number of nitrogens with one attached hydrogen (secondary N) is 3. The molecule has 2 aliphatic carbocycles. The lowest BCUT2D eigenvalue weighted by Gasteiger charge is -2.29. The zero-order valence-electron chi connectivity index (χ0n) is 27.1. The van der Waals surface area contributed by atoms with Crippen molar-refractivity contribution in [2.75, 3.05) is 13.2 Å². The number of alkyl carbamates (subject to hydrolysis) is 1. The largest absolute Gasteiger partial charge is 0.450 e. The van der Waals surface area contributed by atoms with Crippen LogP contribution in [0.5, 0.6) is 0 Å². The summed E-state index contributed by atoms with van der Waals surface area (Å²) in [5.74, 6) is -3.54. The van der Waals surface area contributed by atoms with Crippen LogP contribution in [0.15, 0.2) is 36.9 Å². The first-order valence-corrected chi connectivity index (χ1v) is 18.1. The number of ether oxygens (including phenoxy) is 2. The number of halogens is 2. The molecule has 5 atom stereocenters. The summed E-state index contributed by atoms with van der Waals surface area (Å²) in [6, 6.07) is 2.44. The van der Waals surface area contributed by atoms with E-state index in [2.05, 4.69) is 17.2 Å². The molecule has 1 saturated heterocycles. The van der Waals surface area contributed by atoms with Crippen molar-refractivity contribution in [3.63, 3.8) is 0 Å². The molecule has 0 spiro atoms. The normalized spacial score (nSPS) is 28.5. The zero-order chi connectivity index (χ0) is 35.8. The second-order valence-electron chi connectivity index (χ2n) is 13.3. The quantitative estimate of drug-likeness (QED) is 0.340. The molecular weight excluding hydrogens is 680 g/mol. The Hall–Kier alpha value is -4.54. The molecule has 270 valence electrons. The van der Waals surface area contributed by atoms with Crippen LogP contribution in [0.3, 0.4) is 0 Å². The van der Waals surface area contributed by atoms with Gasteiger partial charge in [-0.05, 0) is 48.8 Å². The van der Waals surface area contributed by atoms with Crippen molar-refractivity contribution in [3.05, 3.63) is 53.6 Å². The molecule has 3 N–H and O–H groups in total. The van der Waals surface area contributed by atoms with E-state index in [0.717, 1.165) is 21.6 Å². The molecule has 6 rings (SSSR count). The molecule has 0 unspecified atom stereocenters. The molecule has 1 aromatic carbocycles. The van der Waals surface area contributed by atoms with Crippen molar-refractivity contribution in [2.24, 2.45) is 5.92 Å². The van der Waals surface area contributed by atoms with Crippen molar-refractivity contribution >= 4 is 46.0 Å². The SMILES string of the molecule is C=C[C@@H]1C[C@]1(NC(=O)[C@@H]1C[C@@H]2CN1C(=O)[C@H](CC(F)F)NC(=O)OCCCC=Cc1cccc3c1CN(C3)C(=O)O2)C(=O)NS(=O)(=O)C1CC1. The van der Waals surface area contributed by atoms with Gasteiger partial charge in [0.15, 0.2) is 0 Å². The Morgan fingerprint density at radius 1 is 1.18 bits per heavy atom. The van der Waals surface area contributed by atoms with Gasteiger partial charge in [-0.3, -0.25) is 24.0 Å². The third-order valence-electron chi connectivity index (χ3n) is 9.69. The fraction of sp³-hybridized carbons (Fsp3) is 0.545. The first kappa shape index (κ1) is 35.3. The third kappa shape index (κ3) is 7.46. The third-order valence-corrected chi connectivity index (χ3v) is 11.5. The Morgan fingerprint density at radius 2 is 1.96 bits per heavy atom. The number of allylic oxidation sites excluding steroid dienone is 1. The molecule has 3 fully saturated rings. The van der Waals surface area contributed by atoms with Gasteiger partial charge in [-0.25, -0.2) is 26.8 Å². The molecule has 50 heavy (non-hydrogen) atoms. The van der Waals surface area contributed by atoms with E-state index in [0.29, 0.717) is 25.7 Å². The molecule has 4 bridgehead atoms. The summed E-state index contributed by atoms with van der Waals surface area (Å²) in [6.07, 6.45) is -0.321. The Balaban J connectivity index is 1.26. The van der Waals surface area contributed by atoms with E-state index >= 15 is 0 Å². The molecule has 5 amide bonds. The maximum Gasteiger partial charge on any atom is 0.410 e. The molecule has 5 aliphatic rings. The summed E-state index contributed by atoms with van der Waals surface area (Å²) < 4.78 is 65.5. The van der Waals surface area contributed by atoms with Gasteiger partial charge in [0, 0.05) is 25.3 Å². The van der Waals surface area contributed by atoms with Crippen LogP contribution in [0.1, 0.15) is 61.6 Å². The van der Waals surface area contributed by atoms with Gasteiger partial charge < -0.3 is 25.0 Å². The predicted octanol–water partition coefficient (Wildman–Crippen LogP) is 2.33. The van der Waals surface area contributed by atoms with Crippen molar-refractivity contribution in [1.82, 2.24) is 25.2 Å². The maximum absolute atomic E-state index is 13.9. The number of nitrogens with zero attached hydrogens (tertiary/aromatic N) is 2. The number of amides is 5. The average molecular weight is 720 g/mol. The number of benzene rings is 1. The Labute approximate surface area is 287 Å². The van der Waals surface area contributed by atoms with Crippen molar-refractivity contribution in [1.29, 1.82) is 0 Å². The van der Waals surface area contributed by atoms with Gasteiger partial charge in [0.1, 0.15) is 23.7 Å². The molecule has 3 aliphatic heterocycles. The molecule has 1 aromatic rings. The highest BCUT2D eigenvalue weighted by Gasteiger charge is 2.62. The Bertz CT molecular complexity index is 1720. The smallest absolute Gasteiger partial charge is 0.410 e. The topological polar surface area (TPSA) is 181 Å². The van der Waals surface area contributed by atoms with Crippen LogP contribution >= 0.6 is 0 Å². The van der Waals surface area contributed by atoms with Gasteiger partial charge in [0.2, 0.25) is 28.3 Å². The molecule has 0 radical (unpaired) electrons. The van der Waals surface area contributed by atoms with E-state index in [9.17, 15) is 41.2 Å². The fourth-order valence-electron chi connectivity index (χ4n) is 6.70. The van der Waals surface area contributed by atoms with Crippen molar-refractivity contribution in [2.45, 2.75) is 93.4 Å². The number of rotatable bonds is 8. The molecule has 3 heterocycles. The number of hydrogen-bond donors (Lipinski definition) is 3. The molecule has 17 heteroatoms. The number of carbonyl (C=O) groups is 5. The first-order valence-electron chi connectivity index (χ1n) is 16.6. The van der Waals surface area contributed by atoms with Crippen LogP contribution < -0.4 is 15.4 Å². The Kier molecular flexibility index (Phi) is 9.88. The van der Waals surface area contributed by atoms with E-state index in [4.69, 9.17) is 9.47 Å². The molecule has 14 nitrogen and oxygen atoms in total. The van der Waals surface area contributed by atoms with Crippen LogP contribution in [-0.2, 0) is 47.0 Å². The number of sulfonamides is 1. The monoisotopic (exact) mass is 719 g/mol. The van der Waals surface area contributed by atoms with Gasteiger partial charge in [0.05, 0.1) is 24.9 Å². The molecular formula is C33H39F2N5O9S. The van der Waals surface area contributed by atoms with Gasteiger partial charge in [-0.2, -0.15) is 0 Å². The number of carbonyl (C=O) groups excluding carboxylic acids is 5. The minimum atomic E-state index is -3.97. The Morgan fingerprint density at radius 3 is 2.66 bits per heavy atom. The van der Waals surface area contributed by atoms with Crippen LogP contribution in [0.2, 0.25) is 0 Å². The number of cyclic esters (lactones) is 1. The van der Waals surface area contributed by atoms with Crippen LogP contribution in [0, 0.1) is 5.92 Å². The predicted molar refractivity (Wildman–Crippen MR) is 172 cm³/mol. The minimum Gasteiger partial charge on any atom is -0.450 e. The van der Waals surface area contributed by atoms with Crippen molar-refractivity contribution in [3.8, 4) is 0 Å². The number of fused-ring (bicyclic) bond motifs is 3. The van der Waals surface area contributed by atoms with E-state index in [-0.39, 0.29) is 39.1 Å². The number of hydrogen-bond acceptors (Lipinski definition) is 9. The average Bonchev–Trinajstić information content (AvgIpc) is 3.95. The minimum absolute atomic E-state index is 0.0292. The van der Waals surface area contributed by atoms with E-state index in [1.54, 1.807) is 0 Å². The highest BCUT2D eigenvalue weighted by atomic mass is 32.2. The summed E-state index contributed by atoms with van der Waals surface area (Å²) in [5, 5.41) is 4.06. The lowest BCUT2D eigenvalue weighted by atomic mass is 10.0. The van der Waals surface area contributed by atoms with E-state index in [1.807, 2.05) is 35.1 Å². The van der Waals surface area contributed by atoms with Gasteiger partial charge in [0.25, 0.3) is 5.91 Å². The second kappa shape index (κ2) is 14.0. The summed E-state index contributed by atoms with van der Waals surface area (Å²) in [4.78, 5) is 69.5. The van der Waals surface area contributed by atoms with Crippen molar-refractivity contribution < 1.29 is 50.6 Å². The molecule has 0 aromatic heterocycles. The summed E-state index contributed by atoms with van der Waals surface area (Å²) in [7, 11) is -3.97. The highest BCUT2D eigenvalue weighted by Crippen LogP contribution is 2.45. The van der Waals surface area contributed by atoms with Crippen LogP contribution in [-0.4, -0.2) is 96.7 Å². The first-order chi connectivity index (χ1) is 23.8. The van der Waals surface area contributed by atoms with Crippen LogP contribution in [0.4, 0.5) is 18.4 Å². The van der Waals surface area contributed by atoms with Crippen LogP contribution in [0.25, 0.3) is 6.08 Å². The lowest BCUT2D eigenvalue weighted by molar-refractivity contribution is -0.141. The summed E-state index contributed by atoms with van der Waals surface area (Å²) in [6.45, 7) is 3.74. The van der Waals surface area contributed by atoms with Gasteiger partial charge in [-0.1, -0.05) is 36.4 Å². The molecule has 2 saturated carbocycles. The lowest BCUT2D eigenvalue weighted by Crippen LogP contribution is -2.58. The zero-order valence-corrected chi connectivity index (χ0v) is 28.0. The summed E-state index contributed by atoms with van der Waals surface area (Å²) in [5.41, 5.74) is 1.06. The second-order valence-corrected chi connectivity index (χ2v) is 15.2. The number of alkyl halides is 2. The van der Waals surface area contributed by atoms with E-state index < -0.39 is 87.7 Å². The summed E-state index contributed by atoms with van der Waals surface area (Å²) >= 11 is 0. The van der Waals surface area contributed by atoms with Gasteiger partial charge >= 0.3 is 12.2 Å². The highest BCUT2D eigenvalue weighted by molar-refractivity contribution is 7.91. The van der Waals surface area contributed by atoms with E-state index in [1.165, 1.54) is 11.0 Å². The fourth-order valence-corrected chi connectivity index (χ4v) is 8.07. The standard InChI is InChI=1S/C33H39F2N5O9S/c1-2-21-15-33(21,30(43)38-50(46,47)23-10-11-23)37-28(41)26-13-22-17-40(26)29(42)25(14-27(34)35)36-31(44)48-12-5-3-4-7-19-8-6-9-20-16-39(18-24(19)20)32(45)49-22/h2,4,6-9,21-23,25-27H,1,3,5,10-18H2,(H,36,44)(H,37,41)(H,38,43)/t21-,22-,25+,26+,33-/m1/s1. The maximum atomic E-state index is 13.9.